The lowest BCUT2D eigenvalue weighted by atomic mass is 10.0. The van der Waals surface area contributed by atoms with Crippen LogP contribution in [0.25, 0.3) is 11.0 Å². The smallest absolute Gasteiger partial charge is 0.126 e. The van der Waals surface area contributed by atoms with Crippen LogP contribution in [0.4, 0.5) is 0 Å². The predicted molar refractivity (Wildman–Crippen MR) is 91.0 cm³/mol. The minimum atomic E-state index is -0.868. The molecule has 2 heterocycles. The molecule has 0 saturated carbocycles. The lowest BCUT2D eigenvalue weighted by Gasteiger charge is -2.25. The SMILES string of the molecule is CC(NCC(C)(O)c1cccs1)c1nc2ccccc2n1C. The molecule has 0 aliphatic rings. The fourth-order valence-corrected chi connectivity index (χ4v) is 3.45. The number of benzene rings is 1. The van der Waals surface area contributed by atoms with Crippen molar-refractivity contribution in [2.45, 2.75) is 25.5 Å². The van der Waals surface area contributed by atoms with Gasteiger partial charge >= 0.3 is 0 Å². The maximum absolute atomic E-state index is 10.6. The maximum Gasteiger partial charge on any atom is 0.126 e. The molecule has 5 heteroatoms. The zero-order valence-electron chi connectivity index (χ0n) is 13.1. The number of thiophene rings is 1. The molecule has 116 valence electrons. The van der Waals surface area contributed by atoms with Gasteiger partial charge in [-0.25, -0.2) is 4.98 Å². The van der Waals surface area contributed by atoms with E-state index >= 15 is 0 Å². The summed E-state index contributed by atoms with van der Waals surface area (Å²) in [7, 11) is 2.03. The molecule has 3 rings (SSSR count). The van der Waals surface area contributed by atoms with Gasteiger partial charge in [0, 0.05) is 18.5 Å². The van der Waals surface area contributed by atoms with Gasteiger partial charge in [0.2, 0.25) is 0 Å². The molecular formula is C17H21N3OS. The summed E-state index contributed by atoms with van der Waals surface area (Å²) >= 11 is 1.57. The van der Waals surface area contributed by atoms with Crippen molar-refractivity contribution < 1.29 is 5.11 Å². The Morgan fingerprint density at radius 2 is 2.09 bits per heavy atom. The normalized spacial score (nSPS) is 15.8. The first-order valence-electron chi connectivity index (χ1n) is 7.40. The number of hydrogen-bond donors (Lipinski definition) is 2. The number of nitrogens with one attached hydrogen (secondary N) is 1. The van der Waals surface area contributed by atoms with Crippen LogP contribution >= 0.6 is 11.3 Å². The lowest BCUT2D eigenvalue weighted by molar-refractivity contribution is 0.0577. The second-order valence-electron chi connectivity index (χ2n) is 5.87. The first-order chi connectivity index (χ1) is 10.5. The average Bonchev–Trinajstić information content (AvgIpc) is 3.14. The molecule has 2 aromatic heterocycles. The second-order valence-corrected chi connectivity index (χ2v) is 6.82. The van der Waals surface area contributed by atoms with Gasteiger partial charge in [0.15, 0.2) is 0 Å². The van der Waals surface area contributed by atoms with Gasteiger partial charge in [-0.05, 0) is 37.4 Å². The number of imidazole rings is 1. The van der Waals surface area contributed by atoms with Gasteiger partial charge in [0.05, 0.1) is 17.1 Å². The summed E-state index contributed by atoms with van der Waals surface area (Å²) in [6.07, 6.45) is 0. The van der Waals surface area contributed by atoms with Crippen LogP contribution in [0.15, 0.2) is 41.8 Å². The van der Waals surface area contributed by atoms with Crippen LogP contribution in [0.1, 0.15) is 30.6 Å². The third kappa shape index (κ3) is 2.79. The average molecular weight is 315 g/mol. The number of hydrogen-bond acceptors (Lipinski definition) is 4. The molecule has 0 radical (unpaired) electrons. The topological polar surface area (TPSA) is 50.1 Å². The Kier molecular flexibility index (Phi) is 4.04. The Hall–Kier alpha value is -1.69. The number of rotatable bonds is 5. The number of nitrogens with zero attached hydrogens (tertiary/aromatic N) is 2. The highest BCUT2D eigenvalue weighted by molar-refractivity contribution is 7.10. The van der Waals surface area contributed by atoms with Crippen molar-refractivity contribution in [3.8, 4) is 0 Å². The predicted octanol–water partition coefficient (Wildman–Crippen LogP) is 3.19. The summed E-state index contributed by atoms with van der Waals surface area (Å²) in [6.45, 7) is 4.40. The van der Waals surface area contributed by atoms with Crippen LogP contribution in [0, 0.1) is 0 Å². The summed E-state index contributed by atoms with van der Waals surface area (Å²) in [5.41, 5.74) is 1.25. The second kappa shape index (κ2) is 5.83. The summed E-state index contributed by atoms with van der Waals surface area (Å²) in [4.78, 5) is 5.67. The summed E-state index contributed by atoms with van der Waals surface area (Å²) in [5, 5.41) is 16.0. The molecule has 1 aromatic carbocycles. The van der Waals surface area contributed by atoms with E-state index in [4.69, 9.17) is 4.98 Å². The van der Waals surface area contributed by atoms with Crippen molar-refractivity contribution in [1.82, 2.24) is 14.9 Å². The molecule has 0 amide bonds. The largest absolute Gasteiger partial charge is 0.383 e. The molecule has 0 aliphatic carbocycles. The van der Waals surface area contributed by atoms with Gasteiger partial charge < -0.3 is 15.0 Å². The van der Waals surface area contributed by atoms with E-state index in [1.54, 1.807) is 11.3 Å². The number of aliphatic hydroxyl groups is 1. The molecule has 0 fully saturated rings. The van der Waals surface area contributed by atoms with Crippen molar-refractivity contribution in [2.75, 3.05) is 6.54 Å². The van der Waals surface area contributed by atoms with Gasteiger partial charge in [0.1, 0.15) is 11.4 Å². The molecule has 0 spiro atoms. The Morgan fingerprint density at radius 3 is 2.77 bits per heavy atom. The Bertz CT molecular complexity index is 761. The molecular weight excluding hydrogens is 294 g/mol. The number of aromatic nitrogens is 2. The highest BCUT2D eigenvalue weighted by Crippen LogP contribution is 2.26. The third-order valence-corrected chi connectivity index (χ3v) is 5.14. The Labute approximate surface area is 134 Å². The fraction of sp³-hybridized carbons (Fsp3) is 0.353. The Balaban J connectivity index is 1.76. The zero-order chi connectivity index (χ0) is 15.7. The van der Waals surface area contributed by atoms with E-state index in [9.17, 15) is 5.11 Å². The van der Waals surface area contributed by atoms with Gasteiger partial charge in [0.25, 0.3) is 0 Å². The van der Waals surface area contributed by atoms with E-state index in [0.717, 1.165) is 21.7 Å². The third-order valence-electron chi connectivity index (χ3n) is 4.01. The lowest BCUT2D eigenvalue weighted by Crippen LogP contribution is -2.36. The van der Waals surface area contributed by atoms with E-state index in [2.05, 4.69) is 22.9 Å². The monoisotopic (exact) mass is 315 g/mol. The van der Waals surface area contributed by atoms with Crippen LogP contribution in [0.3, 0.4) is 0 Å². The Morgan fingerprint density at radius 1 is 1.32 bits per heavy atom. The maximum atomic E-state index is 10.6. The van der Waals surface area contributed by atoms with Crippen molar-refractivity contribution in [3.05, 3.63) is 52.5 Å². The van der Waals surface area contributed by atoms with Gasteiger partial charge in [-0.15, -0.1) is 11.3 Å². The highest BCUT2D eigenvalue weighted by Gasteiger charge is 2.25. The van der Waals surface area contributed by atoms with Crippen molar-refractivity contribution in [2.24, 2.45) is 7.05 Å². The minimum absolute atomic E-state index is 0.0591. The zero-order valence-corrected chi connectivity index (χ0v) is 13.9. The molecule has 0 aliphatic heterocycles. The van der Waals surface area contributed by atoms with Crippen LogP contribution in [-0.4, -0.2) is 21.2 Å². The van der Waals surface area contributed by atoms with E-state index in [-0.39, 0.29) is 6.04 Å². The summed E-state index contributed by atoms with van der Waals surface area (Å²) in [5.74, 6) is 0.975. The summed E-state index contributed by atoms with van der Waals surface area (Å²) < 4.78 is 2.10. The molecule has 2 atom stereocenters. The molecule has 2 unspecified atom stereocenters. The van der Waals surface area contributed by atoms with Crippen molar-refractivity contribution in [3.63, 3.8) is 0 Å². The van der Waals surface area contributed by atoms with Crippen LogP contribution < -0.4 is 5.32 Å². The quantitative estimate of drug-likeness (QED) is 0.760. The first kappa shape index (κ1) is 15.2. The number of aryl methyl sites for hydroxylation is 1. The number of fused-ring (bicyclic) bond motifs is 1. The van der Waals surface area contributed by atoms with Crippen LogP contribution in [0.2, 0.25) is 0 Å². The van der Waals surface area contributed by atoms with Crippen molar-refractivity contribution in [1.29, 1.82) is 0 Å². The van der Waals surface area contributed by atoms with Crippen LogP contribution in [0.5, 0.6) is 0 Å². The summed E-state index contributed by atoms with van der Waals surface area (Å²) in [6, 6.07) is 12.1. The van der Waals surface area contributed by atoms with Crippen molar-refractivity contribution >= 4 is 22.4 Å². The standard InChI is InChI=1S/C17H21N3OS/c1-12(18-11-17(2,21)15-9-6-10-22-15)16-19-13-7-4-5-8-14(13)20(16)3/h4-10,12,18,21H,11H2,1-3H3. The van der Waals surface area contributed by atoms with E-state index in [1.807, 2.05) is 49.7 Å². The van der Waals surface area contributed by atoms with E-state index in [1.165, 1.54) is 0 Å². The molecule has 2 N–H and O–H groups in total. The van der Waals surface area contributed by atoms with Gasteiger partial charge in [-0.2, -0.15) is 0 Å². The van der Waals surface area contributed by atoms with Gasteiger partial charge in [-0.3, -0.25) is 0 Å². The highest BCUT2D eigenvalue weighted by atomic mass is 32.1. The van der Waals surface area contributed by atoms with E-state index < -0.39 is 5.60 Å². The van der Waals surface area contributed by atoms with Crippen LogP contribution in [-0.2, 0) is 12.6 Å². The molecule has 3 aromatic rings. The minimum Gasteiger partial charge on any atom is -0.383 e. The first-order valence-corrected chi connectivity index (χ1v) is 8.28. The molecule has 0 saturated heterocycles. The van der Waals surface area contributed by atoms with Gasteiger partial charge in [-0.1, -0.05) is 18.2 Å². The number of para-hydroxylation sites is 2. The fourth-order valence-electron chi connectivity index (χ4n) is 2.67. The molecule has 0 bridgehead atoms. The van der Waals surface area contributed by atoms with E-state index in [0.29, 0.717) is 6.54 Å². The molecule has 22 heavy (non-hydrogen) atoms. The molecule has 4 nitrogen and oxygen atoms in total.